The van der Waals surface area contributed by atoms with Gasteiger partial charge in [0.05, 0.1) is 16.3 Å². The summed E-state index contributed by atoms with van der Waals surface area (Å²) in [6, 6.07) is 16.9. The molecule has 0 aliphatic carbocycles. The molecule has 4 nitrogen and oxygen atoms in total. The van der Waals surface area contributed by atoms with Crippen LogP contribution < -0.4 is 10.2 Å². The second kappa shape index (κ2) is 9.19. The molecule has 0 saturated carbocycles. The largest absolute Gasteiger partial charge is 0.416 e. The summed E-state index contributed by atoms with van der Waals surface area (Å²) in [5, 5.41) is 2.90. The van der Waals surface area contributed by atoms with Gasteiger partial charge in [0.15, 0.2) is 0 Å². The Bertz CT molecular complexity index is 1320. The molecule has 3 aromatic carbocycles. The molecule has 2 amide bonds. The zero-order valence-electron chi connectivity index (χ0n) is 18.0. The number of rotatable bonds is 5. The fourth-order valence-electron chi connectivity index (χ4n) is 3.42. The summed E-state index contributed by atoms with van der Waals surface area (Å²) >= 11 is 7.21. The van der Waals surface area contributed by atoms with Gasteiger partial charge in [-0.05, 0) is 61.4 Å². The molecule has 9 heteroatoms. The predicted molar refractivity (Wildman–Crippen MR) is 128 cm³/mol. The molecular weight excluding hydrogens is 485 g/mol. The number of benzene rings is 3. The Hall–Kier alpha value is -3.23. The molecule has 174 valence electrons. The summed E-state index contributed by atoms with van der Waals surface area (Å²) in [4.78, 5) is 28.3. The lowest BCUT2D eigenvalue weighted by Crippen LogP contribution is -2.33. The van der Waals surface area contributed by atoms with E-state index in [1.54, 1.807) is 36.4 Å². The first-order chi connectivity index (χ1) is 16.1. The molecule has 1 aliphatic heterocycles. The van der Waals surface area contributed by atoms with Crippen molar-refractivity contribution in [2.24, 2.45) is 0 Å². The van der Waals surface area contributed by atoms with Crippen molar-refractivity contribution in [3.05, 3.63) is 99.0 Å². The Balaban J connectivity index is 1.81. The molecule has 0 atom stereocenters. The number of carbonyl (C=O) groups is 2. The number of amides is 2. The van der Waals surface area contributed by atoms with Gasteiger partial charge in [0, 0.05) is 10.6 Å². The highest BCUT2D eigenvalue weighted by Gasteiger charge is 2.42. The van der Waals surface area contributed by atoms with E-state index in [4.69, 9.17) is 11.6 Å². The van der Waals surface area contributed by atoms with Crippen molar-refractivity contribution in [1.82, 2.24) is 0 Å². The van der Waals surface area contributed by atoms with Crippen LogP contribution in [0.5, 0.6) is 0 Å². The molecule has 0 saturated heterocycles. The van der Waals surface area contributed by atoms with Gasteiger partial charge < -0.3 is 5.32 Å². The number of aryl methyl sites for hydroxylation is 1. The van der Waals surface area contributed by atoms with Crippen molar-refractivity contribution in [2.45, 2.75) is 24.9 Å². The van der Waals surface area contributed by atoms with Crippen LogP contribution in [0.1, 0.15) is 16.7 Å². The van der Waals surface area contributed by atoms with Crippen molar-refractivity contribution in [3.63, 3.8) is 0 Å². The monoisotopic (exact) mass is 502 g/mol. The second-order valence-electron chi connectivity index (χ2n) is 7.60. The number of hydrogen-bond donors (Lipinski definition) is 1. The maximum atomic E-state index is 13.5. The van der Waals surface area contributed by atoms with Crippen LogP contribution in [0.4, 0.5) is 24.5 Å². The van der Waals surface area contributed by atoms with Crippen LogP contribution in [-0.2, 0) is 15.8 Å². The van der Waals surface area contributed by atoms with Gasteiger partial charge in [-0.3, -0.25) is 9.59 Å². The molecule has 4 rings (SSSR count). The van der Waals surface area contributed by atoms with Gasteiger partial charge in [-0.25, -0.2) is 4.90 Å². The molecule has 3 aromatic rings. The van der Waals surface area contributed by atoms with Crippen molar-refractivity contribution >= 4 is 46.6 Å². The van der Waals surface area contributed by atoms with E-state index in [1.165, 1.54) is 0 Å². The Kier molecular flexibility index (Phi) is 6.47. The quantitative estimate of drug-likeness (QED) is 0.383. The maximum absolute atomic E-state index is 13.5. The Morgan fingerprint density at radius 2 is 1.62 bits per heavy atom. The van der Waals surface area contributed by atoms with E-state index < -0.39 is 23.6 Å². The third-order valence-corrected chi connectivity index (χ3v) is 6.79. The molecular formula is C25H18ClF3N2O2S. The standard InChI is InChI=1S/C25H18ClF3N2O2S/c1-14-7-6-10-19(15(14)2)30-21-22(34-17-8-4-3-5-9-17)24(33)31(23(21)32)20-13-16(25(27,28)29)11-12-18(20)26/h3-13,30H,1-2H3. The molecule has 34 heavy (non-hydrogen) atoms. The van der Waals surface area contributed by atoms with Crippen molar-refractivity contribution < 1.29 is 22.8 Å². The van der Waals surface area contributed by atoms with E-state index in [1.807, 2.05) is 26.0 Å². The van der Waals surface area contributed by atoms with Crippen molar-refractivity contribution in [2.75, 3.05) is 10.2 Å². The van der Waals surface area contributed by atoms with Crippen LogP contribution in [0, 0.1) is 13.8 Å². The predicted octanol–water partition coefficient (Wildman–Crippen LogP) is 6.96. The minimum atomic E-state index is -4.67. The van der Waals surface area contributed by atoms with Gasteiger partial charge in [-0.15, -0.1) is 0 Å². The number of halogens is 4. The van der Waals surface area contributed by atoms with Crippen LogP contribution in [-0.4, -0.2) is 11.8 Å². The van der Waals surface area contributed by atoms with E-state index in [0.29, 0.717) is 21.5 Å². The lowest BCUT2D eigenvalue weighted by Gasteiger charge is -2.19. The van der Waals surface area contributed by atoms with Crippen molar-refractivity contribution in [1.29, 1.82) is 0 Å². The molecule has 0 bridgehead atoms. The fraction of sp³-hybridized carbons (Fsp3) is 0.120. The molecule has 1 aliphatic rings. The minimum absolute atomic E-state index is 0.0268. The number of anilines is 2. The van der Waals surface area contributed by atoms with Crippen LogP contribution in [0.2, 0.25) is 5.02 Å². The highest BCUT2D eigenvalue weighted by atomic mass is 35.5. The van der Waals surface area contributed by atoms with E-state index >= 15 is 0 Å². The molecule has 1 N–H and O–H groups in total. The first-order valence-electron chi connectivity index (χ1n) is 10.1. The zero-order chi connectivity index (χ0) is 24.6. The summed E-state index contributed by atoms with van der Waals surface area (Å²) in [5.74, 6) is -1.54. The Morgan fingerprint density at radius 1 is 0.912 bits per heavy atom. The number of thioether (sulfide) groups is 1. The molecule has 1 heterocycles. The third kappa shape index (κ3) is 4.56. The summed E-state index contributed by atoms with van der Waals surface area (Å²) in [6.45, 7) is 3.77. The third-order valence-electron chi connectivity index (χ3n) is 5.38. The summed E-state index contributed by atoms with van der Waals surface area (Å²) in [5.41, 5.74) is 1.09. The van der Waals surface area contributed by atoms with Crippen LogP contribution in [0.15, 0.2) is 82.2 Å². The Morgan fingerprint density at radius 3 is 2.29 bits per heavy atom. The zero-order valence-corrected chi connectivity index (χ0v) is 19.6. The number of nitrogens with one attached hydrogen (secondary N) is 1. The minimum Gasteiger partial charge on any atom is -0.350 e. The number of imide groups is 1. The first kappa shape index (κ1) is 23.9. The van der Waals surface area contributed by atoms with E-state index in [-0.39, 0.29) is 21.3 Å². The topological polar surface area (TPSA) is 49.4 Å². The van der Waals surface area contributed by atoms with Crippen LogP contribution in [0.25, 0.3) is 0 Å². The molecule has 0 unspecified atom stereocenters. The summed E-state index contributed by atoms with van der Waals surface area (Å²) in [7, 11) is 0. The number of hydrogen-bond acceptors (Lipinski definition) is 4. The van der Waals surface area contributed by atoms with Gasteiger partial charge in [0.2, 0.25) is 0 Å². The van der Waals surface area contributed by atoms with Crippen LogP contribution >= 0.6 is 23.4 Å². The first-order valence-corrected chi connectivity index (χ1v) is 11.3. The van der Waals surface area contributed by atoms with Gasteiger partial charge >= 0.3 is 6.18 Å². The summed E-state index contributed by atoms with van der Waals surface area (Å²) < 4.78 is 40.0. The van der Waals surface area contributed by atoms with Crippen LogP contribution in [0.3, 0.4) is 0 Å². The molecule has 0 spiro atoms. The SMILES string of the molecule is Cc1cccc(NC2=C(Sc3ccccc3)C(=O)N(c3cc(C(F)(F)F)ccc3Cl)C2=O)c1C. The molecule has 0 radical (unpaired) electrons. The van der Waals surface area contributed by atoms with Gasteiger partial charge in [-0.2, -0.15) is 13.2 Å². The van der Waals surface area contributed by atoms with Gasteiger partial charge in [0.1, 0.15) is 10.6 Å². The van der Waals surface area contributed by atoms with E-state index in [0.717, 1.165) is 35.0 Å². The highest BCUT2D eigenvalue weighted by Crippen LogP contribution is 2.42. The maximum Gasteiger partial charge on any atom is 0.416 e. The lowest BCUT2D eigenvalue weighted by molar-refractivity contribution is -0.137. The summed E-state index contributed by atoms with van der Waals surface area (Å²) in [6.07, 6.45) is -4.67. The average molecular weight is 503 g/mol. The van der Waals surface area contributed by atoms with Gasteiger partial charge in [0.25, 0.3) is 11.8 Å². The number of alkyl halides is 3. The average Bonchev–Trinajstić information content (AvgIpc) is 3.01. The Labute approximate surface area is 203 Å². The molecule has 0 aromatic heterocycles. The number of carbonyl (C=O) groups excluding carboxylic acids is 2. The molecule has 0 fully saturated rings. The fourth-order valence-corrected chi connectivity index (χ4v) is 4.57. The normalized spacial score (nSPS) is 14.2. The number of nitrogens with zero attached hydrogens (tertiary/aromatic N) is 1. The van der Waals surface area contributed by atoms with Gasteiger partial charge in [-0.1, -0.05) is 53.7 Å². The van der Waals surface area contributed by atoms with Crippen molar-refractivity contribution in [3.8, 4) is 0 Å². The lowest BCUT2D eigenvalue weighted by atomic mass is 10.1. The van der Waals surface area contributed by atoms with E-state index in [2.05, 4.69) is 5.32 Å². The smallest absolute Gasteiger partial charge is 0.350 e. The highest BCUT2D eigenvalue weighted by molar-refractivity contribution is 8.04. The second-order valence-corrected chi connectivity index (χ2v) is 9.09. The van der Waals surface area contributed by atoms with E-state index in [9.17, 15) is 22.8 Å².